The molecule has 8 nitrogen and oxygen atoms in total. The summed E-state index contributed by atoms with van der Waals surface area (Å²) in [6.45, 7) is 2.31. The number of carbonyl (C=O) groups is 1. The second-order valence-corrected chi connectivity index (χ2v) is 6.42. The van der Waals surface area contributed by atoms with Gasteiger partial charge in [0.15, 0.2) is 5.82 Å². The first kappa shape index (κ1) is 18.3. The fourth-order valence-corrected chi connectivity index (χ4v) is 3.49. The van der Waals surface area contributed by atoms with E-state index in [0.29, 0.717) is 6.61 Å². The molecule has 1 saturated carbocycles. The van der Waals surface area contributed by atoms with Gasteiger partial charge in [-0.15, -0.1) is 5.10 Å². The molecule has 1 aromatic heterocycles. The lowest BCUT2D eigenvalue weighted by atomic mass is 9.80. The van der Waals surface area contributed by atoms with Crippen molar-refractivity contribution in [2.75, 3.05) is 20.3 Å². The van der Waals surface area contributed by atoms with Crippen LogP contribution < -0.4 is 10.1 Å². The molecular formula is C18H25N5O3. The van der Waals surface area contributed by atoms with E-state index in [-0.39, 0.29) is 12.5 Å². The molecule has 0 aliphatic heterocycles. The molecule has 1 aromatic carbocycles. The zero-order valence-corrected chi connectivity index (χ0v) is 15.3. The Morgan fingerprint density at radius 3 is 2.85 bits per heavy atom. The van der Waals surface area contributed by atoms with Gasteiger partial charge in [-0.2, -0.15) is 4.68 Å². The van der Waals surface area contributed by atoms with Crippen LogP contribution in [0.25, 0.3) is 5.69 Å². The topological polar surface area (TPSA) is 91.2 Å². The van der Waals surface area contributed by atoms with Crippen LogP contribution in [0, 0.1) is 0 Å². The second-order valence-electron chi connectivity index (χ2n) is 6.42. The summed E-state index contributed by atoms with van der Waals surface area (Å²) in [7, 11) is 1.63. The molecule has 3 rings (SSSR count). The first-order chi connectivity index (χ1) is 12.7. The van der Waals surface area contributed by atoms with E-state index in [1.807, 2.05) is 24.3 Å². The van der Waals surface area contributed by atoms with Crippen molar-refractivity contribution in [1.82, 2.24) is 25.5 Å². The first-order valence-corrected chi connectivity index (χ1v) is 9.02. The van der Waals surface area contributed by atoms with E-state index in [9.17, 15) is 4.79 Å². The Bertz CT molecular complexity index is 740. The van der Waals surface area contributed by atoms with Crippen LogP contribution >= 0.6 is 0 Å². The third kappa shape index (κ3) is 3.85. The summed E-state index contributed by atoms with van der Waals surface area (Å²) in [4.78, 5) is 11.9. The van der Waals surface area contributed by atoms with Gasteiger partial charge in [-0.3, -0.25) is 10.1 Å². The third-order valence-electron chi connectivity index (χ3n) is 4.78. The van der Waals surface area contributed by atoms with E-state index in [4.69, 9.17) is 9.47 Å². The van der Waals surface area contributed by atoms with Crippen molar-refractivity contribution in [3.05, 3.63) is 30.1 Å². The number of tetrazole rings is 1. The molecule has 1 N–H and O–H groups in total. The van der Waals surface area contributed by atoms with Gasteiger partial charge in [0.05, 0.1) is 31.5 Å². The molecule has 0 bridgehead atoms. The molecule has 26 heavy (non-hydrogen) atoms. The van der Waals surface area contributed by atoms with Gasteiger partial charge in [0, 0.05) is 6.07 Å². The van der Waals surface area contributed by atoms with E-state index in [0.717, 1.165) is 42.9 Å². The second kappa shape index (κ2) is 8.27. The number of ether oxygens (including phenoxy) is 2. The Kier molecular flexibility index (Phi) is 5.82. The number of benzene rings is 1. The van der Waals surface area contributed by atoms with Gasteiger partial charge in [0.1, 0.15) is 5.75 Å². The van der Waals surface area contributed by atoms with Crippen molar-refractivity contribution in [2.24, 2.45) is 0 Å². The molecular weight excluding hydrogens is 334 g/mol. The summed E-state index contributed by atoms with van der Waals surface area (Å²) < 4.78 is 12.1. The third-order valence-corrected chi connectivity index (χ3v) is 4.78. The molecule has 0 spiro atoms. The van der Waals surface area contributed by atoms with Gasteiger partial charge in [-0.05, 0) is 42.3 Å². The molecule has 0 atom stereocenters. The SMILES string of the molecule is CCOC(=O)CNC1(c2nnnn2-c2cccc(OC)c2)CCCCC1. The monoisotopic (exact) mass is 359 g/mol. The van der Waals surface area contributed by atoms with Gasteiger partial charge in [0.25, 0.3) is 0 Å². The predicted molar refractivity (Wildman–Crippen MR) is 95.1 cm³/mol. The van der Waals surface area contributed by atoms with Gasteiger partial charge >= 0.3 is 5.97 Å². The number of nitrogens with one attached hydrogen (secondary N) is 1. The van der Waals surface area contributed by atoms with Crippen LogP contribution in [0.1, 0.15) is 44.9 Å². The minimum Gasteiger partial charge on any atom is -0.497 e. The molecule has 0 saturated heterocycles. The van der Waals surface area contributed by atoms with E-state index >= 15 is 0 Å². The molecule has 8 heteroatoms. The van der Waals surface area contributed by atoms with Gasteiger partial charge in [0.2, 0.25) is 0 Å². The Labute approximate surface area is 152 Å². The molecule has 1 aliphatic carbocycles. The maximum absolute atomic E-state index is 11.9. The zero-order chi connectivity index (χ0) is 18.4. The number of hydrogen-bond acceptors (Lipinski definition) is 7. The average molecular weight is 359 g/mol. The van der Waals surface area contributed by atoms with Crippen LogP contribution in [0.4, 0.5) is 0 Å². The molecule has 1 heterocycles. The van der Waals surface area contributed by atoms with Crippen LogP contribution in [0.15, 0.2) is 24.3 Å². The largest absolute Gasteiger partial charge is 0.497 e. The summed E-state index contributed by atoms with van der Waals surface area (Å²) in [6.07, 6.45) is 5.03. The summed E-state index contributed by atoms with van der Waals surface area (Å²) in [5.41, 5.74) is 0.379. The summed E-state index contributed by atoms with van der Waals surface area (Å²) in [5, 5.41) is 15.8. The highest BCUT2D eigenvalue weighted by Crippen LogP contribution is 2.36. The Balaban J connectivity index is 1.92. The van der Waals surface area contributed by atoms with E-state index in [1.54, 1.807) is 18.7 Å². The van der Waals surface area contributed by atoms with Crippen LogP contribution in [0.5, 0.6) is 5.75 Å². The fraction of sp³-hybridized carbons (Fsp3) is 0.556. The maximum Gasteiger partial charge on any atom is 0.319 e. The first-order valence-electron chi connectivity index (χ1n) is 9.02. The number of methoxy groups -OCH3 is 1. The normalized spacial score (nSPS) is 16.2. The van der Waals surface area contributed by atoms with Crippen molar-refractivity contribution < 1.29 is 14.3 Å². The van der Waals surface area contributed by atoms with Crippen molar-refractivity contribution in [1.29, 1.82) is 0 Å². The number of hydrogen-bond donors (Lipinski definition) is 1. The van der Waals surface area contributed by atoms with E-state index in [2.05, 4.69) is 20.8 Å². The molecule has 140 valence electrons. The average Bonchev–Trinajstić information content (AvgIpc) is 3.18. The fourth-order valence-electron chi connectivity index (χ4n) is 3.49. The maximum atomic E-state index is 11.9. The van der Waals surface area contributed by atoms with Crippen LogP contribution in [0.2, 0.25) is 0 Å². The lowest BCUT2D eigenvalue weighted by Crippen LogP contribution is -2.48. The van der Waals surface area contributed by atoms with E-state index in [1.165, 1.54) is 6.42 Å². The minimum atomic E-state index is -0.447. The molecule has 0 unspecified atom stereocenters. The molecule has 1 fully saturated rings. The lowest BCUT2D eigenvalue weighted by Gasteiger charge is -2.36. The van der Waals surface area contributed by atoms with Gasteiger partial charge in [-0.25, -0.2) is 0 Å². The van der Waals surface area contributed by atoms with Crippen LogP contribution in [-0.2, 0) is 15.1 Å². The van der Waals surface area contributed by atoms with Crippen LogP contribution in [0.3, 0.4) is 0 Å². The number of carbonyl (C=O) groups excluding carboxylic acids is 1. The highest BCUT2D eigenvalue weighted by molar-refractivity contribution is 5.71. The smallest absolute Gasteiger partial charge is 0.319 e. The highest BCUT2D eigenvalue weighted by Gasteiger charge is 2.39. The Morgan fingerprint density at radius 2 is 2.12 bits per heavy atom. The van der Waals surface area contributed by atoms with Crippen molar-refractivity contribution in [3.8, 4) is 11.4 Å². The van der Waals surface area contributed by atoms with Crippen LogP contribution in [-0.4, -0.2) is 46.4 Å². The number of esters is 1. The van der Waals surface area contributed by atoms with Crippen molar-refractivity contribution in [3.63, 3.8) is 0 Å². The summed E-state index contributed by atoms with van der Waals surface area (Å²) in [5.74, 6) is 1.19. The number of aromatic nitrogens is 4. The van der Waals surface area contributed by atoms with E-state index < -0.39 is 5.54 Å². The standard InChI is InChI=1S/C18H25N5O3/c1-3-26-16(24)13-19-18(10-5-4-6-11-18)17-20-21-22-23(17)14-8-7-9-15(12-14)25-2/h7-9,12,19H,3-6,10-11,13H2,1-2H3. The number of nitrogens with zero attached hydrogens (tertiary/aromatic N) is 4. The Hall–Kier alpha value is -2.48. The predicted octanol–water partition coefficient (Wildman–Crippen LogP) is 1.98. The van der Waals surface area contributed by atoms with Gasteiger partial charge < -0.3 is 9.47 Å². The molecule has 1 aliphatic rings. The quantitative estimate of drug-likeness (QED) is 0.756. The zero-order valence-electron chi connectivity index (χ0n) is 15.3. The summed E-state index contributed by atoms with van der Waals surface area (Å²) >= 11 is 0. The van der Waals surface area contributed by atoms with Crippen molar-refractivity contribution >= 4 is 5.97 Å². The summed E-state index contributed by atoms with van der Waals surface area (Å²) in [6, 6.07) is 7.61. The number of rotatable bonds is 7. The Morgan fingerprint density at radius 1 is 1.31 bits per heavy atom. The highest BCUT2D eigenvalue weighted by atomic mass is 16.5. The van der Waals surface area contributed by atoms with Gasteiger partial charge in [-0.1, -0.05) is 25.3 Å². The minimum absolute atomic E-state index is 0.138. The molecule has 0 amide bonds. The lowest BCUT2D eigenvalue weighted by molar-refractivity contribution is -0.142. The molecule has 2 aromatic rings. The molecule has 0 radical (unpaired) electrons. The van der Waals surface area contributed by atoms with Crippen molar-refractivity contribution in [2.45, 2.75) is 44.6 Å².